The molecular weight excluding hydrogens is 408 g/mol. The van der Waals surface area contributed by atoms with Crippen molar-refractivity contribution in [2.75, 3.05) is 0 Å². The molecule has 1 aliphatic carbocycles. The van der Waals surface area contributed by atoms with Crippen LogP contribution in [0, 0.1) is 0 Å². The molecule has 5 nitrogen and oxygen atoms in total. The van der Waals surface area contributed by atoms with Crippen LogP contribution in [0.25, 0.3) is 21.9 Å². The van der Waals surface area contributed by atoms with E-state index in [1.807, 2.05) is 12.1 Å². The van der Waals surface area contributed by atoms with E-state index in [2.05, 4.69) is 27.0 Å². The van der Waals surface area contributed by atoms with Crippen LogP contribution >= 0.6 is 15.9 Å². The summed E-state index contributed by atoms with van der Waals surface area (Å²) < 4.78 is 7.78. The Kier molecular flexibility index (Phi) is 3.75. The van der Waals surface area contributed by atoms with Gasteiger partial charge < -0.3 is 4.42 Å². The van der Waals surface area contributed by atoms with Gasteiger partial charge in [-0.2, -0.15) is 0 Å². The molecule has 2 aromatic carbocycles. The number of hydrogen-bond donors (Lipinski definition) is 0. The zero-order valence-corrected chi connectivity index (χ0v) is 16.0. The summed E-state index contributed by atoms with van der Waals surface area (Å²) in [6.07, 6.45) is 4.71. The van der Waals surface area contributed by atoms with Crippen molar-refractivity contribution >= 4 is 37.8 Å². The zero-order chi connectivity index (χ0) is 18.5. The molecule has 5 rings (SSSR count). The molecule has 134 valence electrons. The second-order valence-corrected chi connectivity index (χ2v) is 7.82. The SMILES string of the molecule is O=c1cc(Cn2cnc3ccc(Br)cc3c2=O)c2cc3c(cc2o1)CCC3. The lowest BCUT2D eigenvalue weighted by Crippen LogP contribution is -2.22. The van der Waals surface area contributed by atoms with Gasteiger partial charge in [-0.3, -0.25) is 9.36 Å². The first-order chi connectivity index (χ1) is 13.1. The summed E-state index contributed by atoms with van der Waals surface area (Å²) in [4.78, 5) is 29.3. The number of benzene rings is 2. The van der Waals surface area contributed by atoms with Gasteiger partial charge in [-0.1, -0.05) is 15.9 Å². The van der Waals surface area contributed by atoms with Crippen molar-refractivity contribution in [3.05, 3.63) is 84.7 Å². The van der Waals surface area contributed by atoms with Crippen molar-refractivity contribution < 1.29 is 4.42 Å². The van der Waals surface area contributed by atoms with Gasteiger partial charge in [0.1, 0.15) is 5.58 Å². The van der Waals surface area contributed by atoms with Crippen LogP contribution in [0.2, 0.25) is 0 Å². The molecule has 0 saturated carbocycles. The maximum Gasteiger partial charge on any atom is 0.336 e. The fourth-order valence-corrected chi connectivity index (χ4v) is 4.21. The van der Waals surface area contributed by atoms with E-state index in [0.717, 1.165) is 34.7 Å². The van der Waals surface area contributed by atoms with Crippen molar-refractivity contribution in [3.8, 4) is 0 Å². The van der Waals surface area contributed by atoms with E-state index in [0.29, 0.717) is 16.5 Å². The fourth-order valence-electron chi connectivity index (χ4n) is 3.85. The predicted molar refractivity (Wildman–Crippen MR) is 107 cm³/mol. The molecule has 2 heterocycles. The van der Waals surface area contributed by atoms with Crippen LogP contribution in [-0.2, 0) is 19.4 Å². The average molecular weight is 423 g/mol. The topological polar surface area (TPSA) is 65.1 Å². The maximum atomic E-state index is 12.9. The molecule has 2 aromatic heterocycles. The van der Waals surface area contributed by atoms with Gasteiger partial charge in [-0.25, -0.2) is 9.78 Å². The minimum absolute atomic E-state index is 0.135. The van der Waals surface area contributed by atoms with E-state index < -0.39 is 5.63 Å². The smallest absolute Gasteiger partial charge is 0.336 e. The van der Waals surface area contributed by atoms with Crippen LogP contribution in [-0.4, -0.2) is 9.55 Å². The summed E-state index contributed by atoms with van der Waals surface area (Å²) in [6, 6.07) is 11.0. The van der Waals surface area contributed by atoms with E-state index in [4.69, 9.17) is 4.42 Å². The minimum atomic E-state index is -0.403. The van der Waals surface area contributed by atoms with E-state index in [1.165, 1.54) is 28.1 Å². The molecule has 0 saturated heterocycles. The number of halogens is 1. The summed E-state index contributed by atoms with van der Waals surface area (Å²) in [7, 11) is 0. The Balaban J connectivity index is 1.69. The van der Waals surface area contributed by atoms with Crippen molar-refractivity contribution in [3.63, 3.8) is 0 Å². The molecule has 0 atom stereocenters. The molecule has 0 aliphatic heterocycles. The minimum Gasteiger partial charge on any atom is -0.423 e. The first-order valence-corrected chi connectivity index (χ1v) is 9.61. The first-order valence-electron chi connectivity index (χ1n) is 8.82. The summed E-state index contributed by atoms with van der Waals surface area (Å²) in [5, 5.41) is 1.43. The standard InChI is InChI=1S/C21H15BrN2O3/c22-15-4-5-18-17(9-15)21(26)24(11-23-18)10-14-8-20(25)27-19-7-13-3-1-2-12(13)6-16(14)19/h4-9,11H,1-3,10H2. The lowest BCUT2D eigenvalue weighted by Gasteiger charge is -2.10. The van der Waals surface area contributed by atoms with Crippen LogP contribution in [0.4, 0.5) is 0 Å². The lowest BCUT2D eigenvalue weighted by molar-refractivity contribution is 0.557. The molecule has 0 N–H and O–H groups in total. The van der Waals surface area contributed by atoms with Crippen molar-refractivity contribution in [2.24, 2.45) is 0 Å². The lowest BCUT2D eigenvalue weighted by atomic mass is 10.0. The summed E-state index contributed by atoms with van der Waals surface area (Å²) >= 11 is 3.40. The Morgan fingerprint density at radius 1 is 1.04 bits per heavy atom. The van der Waals surface area contributed by atoms with E-state index in [1.54, 1.807) is 12.1 Å². The van der Waals surface area contributed by atoms with Crippen LogP contribution < -0.4 is 11.2 Å². The highest BCUT2D eigenvalue weighted by Crippen LogP contribution is 2.28. The first kappa shape index (κ1) is 16.4. The number of nitrogens with zero attached hydrogens (tertiary/aromatic N) is 2. The largest absolute Gasteiger partial charge is 0.423 e. The fraction of sp³-hybridized carbons (Fsp3) is 0.190. The number of rotatable bonds is 2. The summed E-state index contributed by atoms with van der Waals surface area (Å²) in [5.74, 6) is 0. The molecule has 4 aromatic rings. The quantitative estimate of drug-likeness (QED) is 0.460. The highest BCUT2D eigenvalue weighted by molar-refractivity contribution is 9.10. The van der Waals surface area contributed by atoms with Crippen molar-refractivity contribution in [1.82, 2.24) is 9.55 Å². The molecular formula is C21H15BrN2O3. The predicted octanol–water partition coefficient (Wildman–Crippen LogP) is 3.80. The normalized spacial score (nSPS) is 13.4. The Morgan fingerprint density at radius 3 is 2.70 bits per heavy atom. The van der Waals surface area contributed by atoms with Crippen LogP contribution in [0.3, 0.4) is 0 Å². The Hall–Kier alpha value is -2.73. The maximum absolute atomic E-state index is 12.9. The molecule has 6 heteroatoms. The Bertz CT molecular complexity index is 1340. The highest BCUT2D eigenvalue weighted by atomic mass is 79.9. The molecule has 0 unspecified atom stereocenters. The number of hydrogen-bond acceptors (Lipinski definition) is 4. The average Bonchev–Trinajstić information content (AvgIpc) is 3.10. The Labute approximate surface area is 162 Å². The summed E-state index contributed by atoms with van der Waals surface area (Å²) in [6.45, 7) is 0.273. The molecule has 1 aliphatic rings. The van der Waals surface area contributed by atoms with Crippen molar-refractivity contribution in [1.29, 1.82) is 0 Å². The molecule has 0 fully saturated rings. The monoisotopic (exact) mass is 422 g/mol. The van der Waals surface area contributed by atoms with Gasteiger partial charge in [-0.05, 0) is 66.3 Å². The van der Waals surface area contributed by atoms with E-state index >= 15 is 0 Å². The Morgan fingerprint density at radius 2 is 1.85 bits per heavy atom. The molecule has 0 radical (unpaired) electrons. The summed E-state index contributed by atoms with van der Waals surface area (Å²) in [5.41, 5.74) is 4.01. The van der Waals surface area contributed by atoms with Crippen LogP contribution in [0.1, 0.15) is 23.1 Å². The van der Waals surface area contributed by atoms with Gasteiger partial charge in [0.15, 0.2) is 0 Å². The second-order valence-electron chi connectivity index (χ2n) is 6.90. The van der Waals surface area contributed by atoms with Gasteiger partial charge in [-0.15, -0.1) is 0 Å². The highest BCUT2D eigenvalue weighted by Gasteiger charge is 2.16. The third kappa shape index (κ3) is 2.80. The third-order valence-corrected chi connectivity index (χ3v) is 5.66. The van der Waals surface area contributed by atoms with Crippen LogP contribution in [0.15, 0.2) is 61.2 Å². The van der Waals surface area contributed by atoms with Crippen molar-refractivity contribution in [2.45, 2.75) is 25.8 Å². The van der Waals surface area contributed by atoms with Gasteiger partial charge in [0.2, 0.25) is 0 Å². The van der Waals surface area contributed by atoms with Gasteiger partial charge in [0.05, 0.1) is 23.8 Å². The molecule has 0 amide bonds. The van der Waals surface area contributed by atoms with Crippen LogP contribution in [0.5, 0.6) is 0 Å². The van der Waals surface area contributed by atoms with E-state index in [-0.39, 0.29) is 12.1 Å². The third-order valence-electron chi connectivity index (χ3n) is 5.17. The second kappa shape index (κ2) is 6.16. The molecule has 0 bridgehead atoms. The van der Waals surface area contributed by atoms with E-state index in [9.17, 15) is 9.59 Å². The van der Waals surface area contributed by atoms with Gasteiger partial charge in [0.25, 0.3) is 5.56 Å². The number of fused-ring (bicyclic) bond motifs is 3. The van der Waals surface area contributed by atoms with Gasteiger partial charge >= 0.3 is 5.63 Å². The number of aromatic nitrogens is 2. The zero-order valence-electron chi connectivity index (χ0n) is 14.4. The molecule has 0 spiro atoms. The van der Waals surface area contributed by atoms with Gasteiger partial charge in [0, 0.05) is 15.9 Å². The molecule has 27 heavy (non-hydrogen) atoms. The number of aryl methyl sites for hydroxylation is 2.